The average molecular weight is 335 g/mol. The van der Waals surface area contributed by atoms with E-state index in [0.717, 1.165) is 50.2 Å². The van der Waals surface area contributed by atoms with Crippen LogP contribution in [0.4, 0.5) is 0 Å². The molecule has 1 aromatic rings. The standard InChI is InChI=1S/C18H29N3O3/c1-3-19-18(20-10-5-11-24-13-14-8-9-14)21-12-15-6-4-7-16(23-2)17(15)22/h4,6-7,14,22H,3,5,8-13H2,1-2H3,(H2,19,20,21). The number of nitrogens with zero attached hydrogens (tertiary/aromatic N) is 1. The Morgan fingerprint density at radius 1 is 1.33 bits per heavy atom. The van der Waals surface area contributed by atoms with Crippen LogP contribution in [0, 0.1) is 5.92 Å². The van der Waals surface area contributed by atoms with Crippen molar-refractivity contribution in [2.45, 2.75) is 32.7 Å². The molecular weight excluding hydrogens is 306 g/mol. The Morgan fingerprint density at radius 3 is 2.88 bits per heavy atom. The lowest BCUT2D eigenvalue weighted by molar-refractivity contribution is 0.123. The van der Waals surface area contributed by atoms with Gasteiger partial charge in [-0.15, -0.1) is 0 Å². The molecule has 0 amide bonds. The molecule has 0 spiro atoms. The van der Waals surface area contributed by atoms with Gasteiger partial charge < -0.3 is 25.2 Å². The van der Waals surface area contributed by atoms with E-state index in [2.05, 4.69) is 15.6 Å². The molecule has 0 aliphatic heterocycles. The fourth-order valence-electron chi connectivity index (χ4n) is 2.28. The molecule has 0 bridgehead atoms. The van der Waals surface area contributed by atoms with E-state index in [1.807, 2.05) is 19.1 Å². The van der Waals surface area contributed by atoms with Crippen molar-refractivity contribution in [2.75, 3.05) is 33.4 Å². The normalized spacial score (nSPS) is 14.5. The van der Waals surface area contributed by atoms with Gasteiger partial charge in [-0.1, -0.05) is 12.1 Å². The molecule has 0 radical (unpaired) electrons. The zero-order valence-electron chi connectivity index (χ0n) is 14.7. The van der Waals surface area contributed by atoms with E-state index in [4.69, 9.17) is 9.47 Å². The van der Waals surface area contributed by atoms with Crippen LogP contribution in [0.25, 0.3) is 0 Å². The van der Waals surface area contributed by atoms with Gasteiger partial charge in [-0.2, -0.15) is 0 Å². The van der Waals surface area contributed by atoms with Crippen LogP contribution in [0.15, 0.2) is 23.2 Å². The molecule has 24 heavy (non-hydrogen) atoms. The molecular formula is C18H29N3O3. The number of hydrogen-bond acceptors (Lipinski definition) is 4. The molecule has 1 aliphatic carbocycles. The SMILES string of the molecule is CCNC(=NCc1cccc(OC)c1O)NCCCOCC1CC1. The number of aromatic hydroxyl groups is 1. The first-order valence-corrected chi connectivity index (χ1v) is 8.69. The third kappa shape index (κ3) is 6.28. The molecule has 1 aliphatic rings. The highest BCUT2D eigenvalue weighted by molar-refractivity contribution is 5.79. The van der Waals surface area contributed by atoms with E-state index in [-0.39, 0.29) is 5.75 Å². The second kappa shape index (κ2) is 10.0. The largest absolute Gasteiger partial charge is 0.504 e. The van der Waals surface area contributed by atoms with Crippen molar-refractivity contribution in [3.8, 4) is 11.5 Å². The van der Waals surface area contributed by atoms with Crippen molar-refractivity contribution in [3.63, 3.8) is 0 Å². The van der Waals surface area contributed by atoms with Crippen LogP contribution in [0.3, 0.4) is 0 Å². The Bertz CT molecular complexity index is 530. The van der Waals surface area contributed by atoms with Crippen LogP contribution in [0.1, 0.15) is 31.7 Å². The van der Waals surface area contributed by atoms with Crippen LogP contribution in [0.2, 0.25) is 0 Å². The summed E-state index contributed by atoms with van der Waals surface area (Å²) in [4.78, 5) is 4.51. The van der Waals surface area contributed by atoms with Crippen LogP contribution in [-0.2, 0) is 11.3 Å². The Morgan fingerprint density at radius 2 is 2.17 bits per heavy atom. The van der Waals surface area contributed by atoms with E-state index in [9.17, 15) is 5.11 Å². The summed E-state index contributed by atoms with van der Waals surface area (Å²) in [6.45, 7) is 5.69. The number of nitrogens with one attached hydrogen (secondary N) is 2. The first kappa shape index (κ1) is 18.4. The first-order valence-electron chi connectivity index (χ1n) is 8.69. The second-order valence-electron chi connectivity index (χ2n) is 5.96. The average Bonchev–Trinajstić information content (AvgIpc) is 3.41. The number of hydrogen-bond donors (Lipinski definition) is 3. The Kier molecular flexibility index (Phi) is 7.68. The molecule has 134 valence electrons. The molecule has 6 heteroatoms. The Labute approximate surface area is 144 Å². The first-order chi connectivity index (χ1) is 11.7. The molecule has 1 saturated carbocycles. The van der Waals surface area contributed by atoms with Gasteiger partial charge in [-0.05, 0) is 38.2 Å². The van der Waals surface area contributed by atoms with Gasteiger partial charge in [-0.25, -0.2) is 4.99 Å². The topological polar surface area (TPSA) is 75.1 Å². The lowest BCUT2D eigenvalue weighted by atomic mass is 10.2. The molecule has 6 nitrogen and oxygen atoms in total. The number of benzene rings is 1. The highest BCUT2D eigenvalue weighted by atomic mass is 16.5. The number of aliphatic imine (C=N–C) groups is 1. The third-order valence-corrected chi connectivity index (χ3v) is 3.86. The Balaban J connectivity index is 1.76. The van der Waals surface area contributed by atoms with Gasteiger partial charge in [0, 0.05) is 31.9 Å². The zero-order chi connectivity index (χ0) is 17.2. The summed E-state index contributed by atoms with van der Waals surface area (Å²) in [7, 11) is 1.54. The number of phenols is 1. The summed E-state index contributed by atoms with van der Waals surface area (Å²) in [5.41, 5.74) is 0.735. The molecule has 1 fully saturated rings. The predicted octanol–water partition coefficient (Wildman–Crippen LogP) is 2.27. The number of ether oxygens (including phenoxy) is 2. The maximum atomic E-state index is 10.1. The third-order valence-electron chi connectivity index (χ3n) is 3.86. The molecule has 0 heterocycles. The number of guanidine groups is 1. The van der Waals surface area contributed by atoms with Crippen LogP contribution < -0.4 is 15.4 Å². The van der Waals surface area contributed by atoms with Gasteiger partial charge in [0.1, 0.15) is 0 Å². The van der Waals surface area contributed by atoms with Gasteiger partial charge in [0.2, 0.25) is 0 Å². The van der Waals surface area contributed by atoms with Gasteiger partial charge in [0.15, 0.2) is 17.5 Å². The van der Waals surface area contributed by atoms with Crippen LogP contribution >= 0.6 is 0 Å². The molecule has 0 aromatic heterocycles. The van der Waals surface area contributed by atoms with Crippen LogP contribution in [-0.4, -0.2) is 44.5 Å². The molecule has 0 atom stereocenters. The maximum absolute atomic E-state index is 10.1. The van der Waals surface area contributed by atoms with E-state index in [1.54, 1.807) is 13.2 Å². The van der Waals surface area contributed by atoms with Gasteiger partial charge >= 0.3 is 0 Å². The van der Waals surface area contributed by atoms with Gasteiger partial charge in [0.25, 0.3) is 0 Å². The molecule has 0 saturated heterocycles. The van der Waals surface area contributed by atoms with Crippen molar-refractivity contribution in [1.29, 1.82) is 0 Å². The number of rotatable bonds is 10. The lowest BCUT2D eigenvalue weighted by Gasteiger charge is -2.12. The van der Waals surface area contributed by atoms with E-state index >= 15 is 0 Å². The Hall–Kier alpha value is -1.95. The van der Waals surface area contributed by atoms with E-state index in [1.165, 1.54) is 12.8 Å². The van der Waals surface area contributed by atoms with E-state index in [0.29, 0.717) is 12.3 Å². The number of para-hydroxylation sites is 1. The van der Waals surface area contributed by atoms with Crippen molar-refractivity contribution < 1.29 is 14.6 Å². The number of methoxy groups -OCH3 is 1. The summed E-state index contributed by atoms with van der Waals surface area (Å²) in [6.07, 6.45) is 3.60. The summed E-state index contributed by atoms with van der Waals surface area (Å²) in [5.74, 6) is 2.16. The van der Waals surface area contributed by atoms with Crippen molar-refractivity contribution in [3.05, 3.63) is 23.8 Å². The van der Waals surface area contributed by atoms with E-state index < -0.39 is 0 Å². The molecule has 3 N–H and O–H groups in total. The summed E-state index contributed by atoms with van der Waals surface area (Å²) >= 11 is 0. The van der Waals surface area contributed by atoms with Gasteiger partial charge in [0.05, 0.1) is 13.7 Å². The van der Waals surface area contributed by atoms with Crippen LogP contribution in [0.5, 0.6) is 11.5 Å². The minimum Gasteiger partial charge on any atom is -0.504 e. The monoisotopic (exact) mass is 335 g/mol. The van der Waals surface area contributed by atoms with Crippen molar-refractivity contribution >= 4 is 5.96 Å². The van der Waals surface area contributed by atoms with Crippen molar-refractivity contribution in [1.82, 2.24) is 10.6 Å². The maximum Gasteiger partial charge on any atom is 0.191 e. The summed E-state index contributed by atoms with van der Waals surface area (Å²) in [6, 6.07) is 5.42. The molecule has 1 aromatic carbocycles. The fourth-order valence-corrected chi connectivity index (χ4v) is 2.28. The predicted molar refractivity (Wildman–Crippen MR) is 95.6 cm³/mol. The smallest absolute Gasteiger partial charge is 0.191 e. The second-order valence-corrected chi connectivity index (χ2v) is 5.96. The minimum atomic E-state index is 0.146. The zero-order valence-corrected chi connectivity index (χ0v) is 14.7. The van der Waals surface area contributed by atoms with Crippen molar-refractivity contribution in [2.24, 2.45) is 10.9 Å². The highest BCUT2D eigenvalue weighted by Crippen LogP contribution is 2.30. The summed E-state index contributed by atoms with van der Waals surface area (Å²) in [5, 5.41) is 16.6. The lowest BCUT2D eigenvalue weighted by Crippen LogP contribution is -2.38. The highest BCUT2D eigenvalue weighted by Gasteiger charge is 2.20. The minimum absolute atomic E-state index is 0.146. The molecule has 2 rings (SSSR count). The fraction of sp³-hybridized carbons (Fsp3) is 0.611. The quantitative estimate of drug-likeness (QED) is 0.347. The molecule has 0 unspecified atom stereocenters. The van der Waals surface area contributed by atoms with Gasteiger partial charge in [-0.3, -0.25) is 0 Å². The summed E-state index contributed by atoms with van der Waals surface area (Å²) < 4.78 is 10.7. The number of phenolic OH excluding ortho intramolecular Hbond substituents is 1.